The highest BCUT2D eigenvalue weighted by Crippen LogP contribution is 2.29. The van der Waals surface area contributed by atoms with E-state index in [2.05, 4.69) is 19.1 Å². The summed E-state index contributed by atoms with van der Waals surface area (Å²) in [7, 11) is 1.65. The molecule has 1 heterocycles. The first-order valence-corrected chi connectivity index (χ1v) is 6.57. The predicted octanol–water partition coefficient (Wildman–Crippen LogP) is 3.80. The van der Waals surface area contributed by atoms with Crippen LogP contribution in [0.25, 0.3) is 11.0 Å². The Morgan fingerprint density at radius 3 is 2.50 bits per heavy atom. The van der Waals surface area contributed by atoms with Gasteiger partial charge in [0, 0.05) is 5.39 Å². The van der Waals surface area contributed by atoms with Gasteiger partial charge < -0.3 is 14.9 Å². The quantitative estimate of drug-likeness (QED) is 0.785. The maximum Gasteiger partial charge on any atom is 0.134 e. The molecule has 3 aromatic rings. The summed E-state index contributed by atoms with van der Waals surface area (Å²) >= 11 is 0. The van der Waals surface area contributed by atoms with Gasteiger partial charge in [0.15, 0.2) is 0 Å². The van der Waals surface area contributed by atoms with Gasteiger partial charge in [-0.3, -0.25) is 0 Å². The number of methoxy groups -OCH3 is 1. The average Bonchev–Trinajstić information content (AvgIpc) is 2.90. The van der Waals surface area contributed by atoms with Crippen LogP contribution < -0.4 is 10.5 Å². The van der Waals surface area contributed by atoms with Crippen LogP contribution in [0.15, 0.2) is 52.9 Å². The first-order valence-electron chi connectivity index (χ1n) is 6.57. The molecule has 2 aromatic carbocycles. The van der Waals surface area contributed by atoms with Crippen molar-refractivity contribution >= 4 is 11.0 Å². The summed E-state index contributed by atoms with van der Waals surface area (Å²) in [6.07, 6.45) is 0. The van der Waals surface area contributed by atoms with Crippen LogP contribution in [0.2, 0.25) is 0 Å². The predicted molar refractivity (Wildman–Crippen MR) is 80.0 cm³/mol. The smallest absolute Gasteiger partial charge is 0.134 e. The molecule has 0 bridgehead atoms. The fraction of sp³-hybridized carbons (Fsp3) is 0.176. The largest absolute Gasteiger partial charge is 0.497 e. The van der Waals surface area contributed by atoms with Crippen molar-refractivity contribution in [2.45, 2.75) is 13.0 Å². The van der Waals surface area contributed by atoms with Crippen LogP contribution in [0.1, 0.15) is 22.9 Å². The molecule has 0 saturated heterocycles. The van der Waals surface area contributed by atoms with Gasteiger partial charge in [-0.25, -0.2) is 0 Å². The van der Waals surface area contributed by atoms with Crippen LogP contribution in [-0.2, 0) is 0 Å². The van der Waals surface area contributed by atoms with Crippen LogP contribution in [-0.4, -0.2) is 7.11 Å². The lowest BCUT2D eigenvalue weighted by Gasteiger charge is -2.08. The number of hydrogen-bond donors (Lipinski definition) is 1. The Kier molecular flexibility index (Phi) is 3.20. The molecule has 0 amide bonds. The zero-order valence-corrected chi connectivity index (χ0v) is 11.6. The highest BCUT2D eigenvalue weighted by Gasteiger charge is 2.14. The Bertz CT molecular complexity index is 728. The first-order chi connectivity index (χ1) is 9.67. The maximum atomic E-state index is 6.28. The molecule has 0 aliphatic heterocycles. The van der Waals surface area contributed by atoms with Crippen molar-refractivity contribution < 1.29 is 9.15 Å². The standard InChI is InChI=1S/C17H17NO2/c1-11-3-5-12(6-4-11)17(18)16-10-13-9-14(19-2)7-8-15(13)20-16/h3-10,17H,18H2,1-2H3. The van der Waals surface area contributed by atoms with E-state index in [0.29, 0.717) is 0 Å². The van der Waals surface area contributed by atoms with E-state index in [1.807, 2.05) is 36.4 Å². The summed E-state index contributed by atoms with van der Waals surface area (Å²) in [6, 6.07) is 15.6. The lowest BCUT2D eigenvalue weighted by molar-refractivity contribution is 0.415. The van der Waals surface area contributed by atoms with E-state index in [1.54, 1.807) is 7.11 Å². The molecule has 0 fully saturated rings. The van der Waals surface area contributed by atoms with Gasteiger partial charge in [0.25, 0.3) is 0 Å². The minimum absolute atomic E-state index is 0.256. The number of nitrogens with two attached hydrogens (primary N) is 1. The van der Waals surface area contributed by atoms with Crippen molar-refractivity contribution in [1.29, 1.82) is 0 Å². The molecule has 0 aliphatic carbocycles. The van der Waals surface area contributed by atoms with Crippen molar-refractivity contribution in [3.05, 3.63) is 65.4 Å². The Hall–Kier alpha value is -2.26. The second kappa shape index (κ2) is 5.02. The van der Waals surface area contributed by atoms with E-state index >= 15 is 0 Å². The summed E-state index contributed by atoms with van der Waals surface area (Å²) in [6.45, 7) is 2.06. The molecule has 20 heavy (non-hydrogen) atoms. The fourth-order valence-corrected chi connectivity index (χ4v) is 2.26. The SMILES string of the molecule is COc1ccc2oc(C(N)c3ccc(C)cc3)cc2c1. The van der Waals surface area contributed by atoms with Crippen LogP contribution in [0, 0.1) is 6.92 Å². The van der Waals surface area contributed by atoms with Crippen molar-refractivity contribution in [2.24, 2.45) is 5.73 Å². The molecule has 102 valence electrons. The lowest BCUT2D eigenvalue weighted by Crippen LogP contribution is -2.10. The third-order valence-electron chi connectivity index (χ3n) is 3.49. The second-order valence-corrected chi connectivity index (χ2v) is 4.94. The molecule has 2 N–H and O–H groups in total. The average molecular weight is 267 g/mol. The molecule has 1 atom stereocenters. The zero-order chi connectivity index (χ0) is 14.1. The summed E-state index contributed by atoms with van der Waals surface area (Å²) in [5.41, 5.74) is 9.36. The van der Waals surface area contributed by atoms with E-state index in [9.17, 15) is 0 Å². The van der Waals surface area contributed by atoms with Crippen LogP contribution in [0.5, 0.6) is 5.75 Å². The summed E-state index contributed by atoms with van der Waals surface area (Å²) < 4.78 is 11.1. The number of rotatable bonds is 3. The van der Waals surface area contributed by atoms with Gasteiger partial charge in [-0.2, -0.15) is 0 Å². The maximum absolute atomic E-state index is 6.28. The normalized spacial score (nSPS) is 12.6. The molecule has 1 aromatic heterocycles. The van der Waals surface area contributed by atoms with Gasteiger partial charge in [-0.15, -0.1) is 0 Å². The fourth-order valence-electron chi connectivity index (χ4n) is 2.26. The van der Waals surface area contributed by atoms with E-state index in [-0.39, 0.29) is 6.04 Å². The number of aryl methyl sites for hydroxylation is 1. The number of hydrogen-bond acceptors (Lipinski definition) is 3. The van der Waals surface area contributed by atoms with Gasteiger partial charge in [0.2, 0.25) is 0 Å². The lowest BCUT2D eigenvalue weighted by atomic mass is 10.0. The monoisotopic (exact) mass is 267 g/mol. The number of fused-ring (bicyclic) bond motifs is 1. The molecule has 0 saturated carbocycles. The van der Waals surface area contributed by atoms with E-state index in [4.69, 9.17) is 14.9 Å². The third-order valence-corrected chi connectivity index (χ3v) is 3.49. The van der Waals surface area contributed by atoms with E-state index in [1.165, 1.54) is 5.56 Å². The molecular formula is C17H17NO2. The minimum Gasteiger partial charge on any atom is -0.497 e. The number of furan rings is 1. The highest BCUT2D eigenvalue weighted by molar-refractivity contribution is 5.79. The Labute approximate surface area is 118 Å². The van der Waals surface area contributed by atoms with Crippen molar-refractivity contribution in [2.75, 3.05) is 7.11 Å². The molecular weight excluding hydrogens is 250 g/mol. The van der Waals surface area contributed by atoms with Crippen molar-refractivity contribution in [3.8, 4) is 5.75 Å². The Balaban J connectivity index is 1.98. The Morgan fingerprint density at radius 2 is 1.80 bits per heavy atom. The topological polar surface area (TPSA) is 48.4 Å². The Morgan fingerprint density at radius 1 is 1.05 bits per heavy atom. The van der Waals surface area contributed by atoms with Crippen molar-refractivity contribution in [1.82, 2.24) is 0 Å². The molecule has 0 radical (unpaired) electrons. The summed E-state index contributed by atoms with van der Waals surface area (Å²) in [5.74, 6) is 1.57. The number of ether oxygens (including phenoxy) is 1. The van der Waals surface area contributed by atoms with E-state index < -0.39 is 0 Å². The minimum atomic E-state index is -0.256. The van der Waals surface area contributed by atoms with Gasteiger partial charge >= 0.3 is 0 Å². The van der Waals surface area contributed by atoms with Gasteiger partial charge in [-0.1, -0.05) is 29.8 Å². The molecule has 3 heteroatoms. The van der Waals surface area contributed by atoms with Crippen LogP contribution in [0.4, 0.5) is 0 Å². The number of benzene rings is 2. The molecule has 1 unspecified atom stereocenters. The first kappa shape index (κ1) is 12.8. The van der Waals surface area contributed by atoms with Gasteiger partial charge in [-0.05, 0) is 36.8 Å². The van der Waals surface area contributed by atoms with Crippen LogP contribution in [0.3, 0.4) is 0 Å². The van der Waals surface area contributed by atoms with E-state index in [0.717, 1.165) is 28.0 Å². The van der Waals surface area contributed by atoms with Crippen molar-refractivity contribution in [3.63, 3.8) is 0 Å². The third kappa shape index (κ3) is 2.28. The highest BCUT2D eigenvalue weighted by atomic mass is 16.5. The molecule has 3 nitrogen and oxygen atoms in total. The molecule has 3 rings (SSSR count). The zero-order valence-electron chi connectivity index (χ0n) is 11.6. The van der Waals surface area contributed by atoms with Gasteiger partial charge in [0.1, 0.15) is 17.1 Å². The van der Waals surface area contributed by atoms with Gasteiger partial charge in [0.05, 0.1) is 13.2 Å². The molecule has 0 aliphatic rings. The summed E-state index contributed by atoms with van der Waals surface area (Å²) in [4.78, 5) is 0. The molecule has 0 spiro atoms. The summed E-state index contributed by atoms with van der Waals surface area (Å²) in [5, 5.41) is 1.00. The second-order valence-electron chi connectivity index (χ2n) is 4.94. The van der Waals surface area contributed by atoms with Crippen LogP contribution >= 0.6 is 0 Å².